The van der Waals surface area contributed by atoms with Crippen molar-refractivity contribution in [2.45, 2.75) is 39.5 Å². The van der Waals surface area contributed by atoms with Crippen molar-refractivity contribution >= 4 is 0 Å². The Labute approximate surface area is 82.3 Å². The van der Waals surface area contributed by atoms with Gasteiger partial charge in [-0.3, -0.25) is 0 Å². The van der Waals surface area contributed by atoms with Crippen LogP contribution in [0.15, 0.2) is 0 Å². The highest BCUT2D eigenvalue weighted by Crippen LogP contribution is 2.51. The Hall–Kier alpha value is -0.0400. The Morgan fingerprint density at radius 2 is 1.92 bits per heavy atom. The summed E-state index contributed by atoms with van der Waals surface area (Å²) in [5.41, 5.74) is 0. The van der Waals surface area contributed by atoms with E-state index in [0.717, 1.165) is 23.7 Å². The van der Waals surface area contributed by atoms with Gasteiger partial charge in [0.1, 0.15) is 0 Å². The zero-order chi connectivity index (χ0) is 9.26. The third kappa shape index (κ3) is 1.90. The lowest BCUT2D eigenvalue weighted by Gasteiger charge is -2.50. The van der Waals surface area contributed by atoms with Gasteiger partial charge in [0.2, 0.25) is 0 Å². The number of hydrogen-bond acceptors (Lipinski definition) is 1. The summed E-state index contributed by atoms with van der Waals surface area (Å²) in [7, 11) is 0. The summed E-state index contributed by atoms with van der Waals surface area (Å²) in [5, 5.41) is 3.58. The molecule has 3 aliphatic rings. The summed E-state index contributed by atoms with van der Waals surface area (Å²) >= 11 is 0. The quantitative estimate of drug-likeness (QED) is 0.657. The maximum atomic E-state index is 3.58. The van der Waals surface area contributed by atoms with Crippen LogP contribution in [-0.4, -0.2) is 13.1 Å². The predicted molar refractivity (Wildman–Crippen MR) is 56.6 cm³/mol. The molecule has 0 radical (unpaired) electrons. The smallest absolute Gasteiger partial charge is 0.00178 e. The summed E-state index contributed by atoms with van der Waals surface area (Å²) in [6.45, 7) is 7.19. The molecule has 1 unspecified atom stereocenters. The van der Waals surface area contributed by atoms with E-state index in [2.05, 4.69) is 19.2 Å². The van der Waals surface area contributed by atoms with Gasteiger partial charge in [0.15, 0.2) is 0 Å². The minimum Gasteiger partial charge on any atom is -0.316 e. The van der Waals surface area contributed by atoms with Crippen LogP contribution in [0.5, 0.6) is 0 Å². The van der Waals surface area contributed by atoms with Crippen molar-refractivity contribution in [1.82, 2.24) is 5.32 Å². The van der Waals surface area contributed by atoms with Crippen LogP contribution in [0.2, 0.25) is 0 Å². The number of rotatable bonds is 4. The second-order valence-corrected chi connectivity index (χ2v) is 5.17. The highest BCUT2D eigenvalue weighted by Gasteiger charge is 2.43. The normalized spacial score (nSPS) is 42.9. The van der Waals surface area contributed by atoms with Gasteiger partial charge in [-0.1, -0.05) is 13.8 Å². The summed E-state index contributed by atoms with van der Waals surface area (Å²) in [5.74, 6) is 4.21. The molecule has 2 atom stereocenters. The Morgan fingerprint density at radius 1 is 1.15 bits per heavy atom. The third-order valence-electron chi connectivity index (χ3n) is 4.19. The summed E-state index contributed by atoms with van der Waals surface area (Å²) in [6, 6.07) is 0. The summed E-state index contributed by atoms with van der Waals surface area (Å²) in [6.07, 6.45) is 5.85. The van der Waals surface area contributed by atoms with E-state index >= 15 is 0 Å². The van der Waals surface area contributed by atoms with Crippen LogP contribution in [0, 0.1) is 23.7 Å². The average Bonchev–Trinajstić information content (AvgIpc) is 2.01. The molecule has 0 spiro atoms. The number of nitrogens with one attached hydrogen (secondary N) is 1. The molecule has 3 rings (SSSR count). The zero-order valence-electron chi connectivity index (χ0n) is 9.05. The fourth-order valence-electron chi connectivity index (χ4n) is 3.13. The highest BCUT2D eigenvalue weighted by molar-refractivity contribution is 4.94. The fourth-order valence-corrected chi connectivity index (χ4v) is 3.13. The van der Waals surface area contributed by atoms with E-state index in [0.29, 0.717) is 0 Å². The first-order valence-corrected chi connectivity index (χ1v) is 6.02. The molecular weight excluding hydrogens is 158 g/mol. The lowest BCUT2D eigenvalue weighted by Crippen LogP contribution is -2.45. The standard InChI is InChI=1S/C12H23N/c1-3-4-13-8-12-5-9(2)10-6-11(12)7-10/h9-13H,3-8H2,1-2H3/t9-,10?,11?,12?/m1/s1. The molecule has 3 saturated carbocycles. The molecule has 3 fully saturated rings. The van der Waals surface area contributed by atoms with Gasteiger partial charge in [-0.25, -0.2) is 0 Å². The van der Waals surface area contributed by atoms with Gasteiger partial charge >= 0.3 is 0 Å². The monoisotopic (exact) mass is 181 g/mol. The van der Waals surface area contributed by atoms with Crippen molar-refractivity contribution in [2.75, 3.05) is 13.1 Å². The first kappa shape index (κ1) is 9.51. The van der Waals surface area contributed by atoms with Crippen molar-refractivity contribution in [3.63, 3.8) is 0 Å². The Balaban J connectivity index is 1.73. The van der Waals surface area contributed by atoms with E-state index in [1.807, 2.05) is 0 Å². The molecule has 13 heavy (non-hydrogen) atoms. The first-order chi connectivity index (χ1) is 6.31. The molecule has 0 aromatic carbocycles. The van der Waals surface area contributed by atoms with Gasteiger partial charge in [0, 0.05) is 0 Å². The lowest BCUT2D eigenvalue weighted by molar-refractivity contribution is 0.00304. The van der Waals surface area contributed by atoms with E-state index < -0.39 is 0 Å². The number of hydrogen-bond donors (Lipinski definition) is 1. The molecule has 1 heteroatoms. The Morgan fingerprint density at radius 3 is 2.54 bits per heavy atom. The second kappa shape index (κ2) is 4.00. The van der Waals surface area contributed by atoms with Gasteiger partial charge in [0.05, 0.1) is 0 Å². The predicted octanol–water partition coefficient (Wildman–Crippen LogP) is 2.67. The van der Waals surface area contributed by atoms with Crippen LogP contribution in [0.25, 0.3) is 0 Å². The molecule has 1 N–H and O–H groups in total. The van der Waals surface area contributed by atoms with Crippen molar-refractivity contribution in [1.29, 1.82) is 0 Å². The summed E-state index contributed by atoms with van der Waals surface area (Å²) in [4.78, 5) is 0. The van der Waals surface area contributed by atoms with Crippen LogP contribution in [0.4, 0.5) is 0 Å². The molecule has 0 amide bonds. The molecule has 0 heterocycles. The molecule has 0 aromatic rings. The Kier molecular flexibility index (Phi) is 2.92. The van der Waals surface area contributed by atoms with Crippen molar-refractivity contribution in [2.24, 2.45) is 23.7 Å². The highest BCUT2D eigenvalue weighted by atomic mass is 14.9. The fraction of sp³-hybridized carbons (Fsp3) is 1.00. The van der Waals surface area contributed by atoms with Gasteiger partial charge in [0.25, 0.3) is 0 Å². The molecule has 2 bridgehead atoms. The SMILES string of the molecule is CCCNCC1C[C@@H](C)C2CC1C2. The third-order valence-corrected chi connectivity index (χ3v) is 4.19. The van der Waals surface area contributed by atoms with Crippen molar-refractivity contribution in [3.05, 3.63) is 0 Å². The average molecular weight is 181 g/mol. The van der Waals surface area contributed by atoms with Gasteiger partial charge in [-0.05, 0) is 62.4 Å². The van der Waals surface area contributed by atoms with E-state index in [-0.39, 0.29) is 0 Å². The van der Waals surface area contributed by atoms with Crippen LogP contribution < -0.4 is 5.32 Å². The minimum atomic E-state index is 1.01. The maximum absolute atomic E-state index is 3.58. The van der Waals surface area contributed by atoms with E-state index in [1.165, 1.54) is 25.9 Å². The molecule has 0 aliphatic heterocycles. The molecule has 0 aromatic heterocycles. The molecular formula is C12H23N. The van der Waals surface area contributed by atoms with Crippen LogP contribution in [0.1, 0.15) is 39.5 Å². The van der Waals surface area contributed by atoms with Crippen LogP contribution in [0.3, 0.4) is 0 Å². The zero-order valence-corrected chi connectivity index (χ0v) is 9.05. The second-order valence-electron chi connectivity index (χ2n) is 5.17. The van der Waals surface area contributed by atoms with Gasteiger partial charge < -0.3 is 5.32 Å². The minimum absolute atomic E-state index is 1.01. The first-order valence-electron chi connectivity index (χ1n) is 6.02. The van der Waals surface area contributed by atoms with Gasteiger partial charge in [-0.15, -0.1) is 0 Å². The number of fused-ring (bicyclic) bond motifs is 2. The maximum Gasteiger partial charge on any atom is -0.00178 e. The van der Waals surface area contributed by atoms with Crippen LogP contribution in [-0.2, 0) is 0 Å². The lowest BCUT2D eigenvalue weighted by atomic mass is 9.56. The van der Waals surface area contributed by atoms with Crippen LogP contribution >= 0.6 is 0 Å². The van der Waals surface area contributed by atoms with E-state index in [4.69, 9.17) is 0 Å². The van der Waals surface area contributed by atoms with Gasteiger partial charge in [-0.2, -0.15) is 0 Å². The van der Waals surface area contributed by atoms with E-state index in [9.17, 15) is 0 Å². The van der Waals surface area contributed by atoms with Crippen molar-refractivity contribution in [3.8, 4) is 0 Å². The summed E-state index contributed by atoms with van der Waals surface area (Å²) < 4.78 is 0. The molecule has 76 valence electrons. The Bertz CT molecular complexity index is 161. The molecule has 0 saturated heterocycles. The molecule has 1 nitrogen and oxygen atoms in total. The largest absolute Gasteiger partial charge is 0.316 e. The van der Waals surface area contributed by atoms with Crippen molar-refractivity contribution < 1.29 is 0 Å². The molecule has 3 aliphatic carbocycles. The topological polar surface area (TPSA) is 12.0 Å². The van der Waals surface area contributed by atoms with E-state index in [1.54, 1.807) is 12.8 Å².